The van der Waals surface area contributed by atoms with Crippen molar-refractivity contribution in [2.45, 2.75) is 46.9 Å². The molecule has 0 amide bonds. The first kappa shape index (κ1) is 7.31. The highest BCUT2D eigenvalue weighted by atomic mass is 16.3. The minimum atomic E-state index is -2.61. The normalized spacial score (nSPS) is 18.1. The van der Waals surface area contributed by atoms with Gasteiger partial charge < -0.3 is 4.42 Å². The summed E-state index contributed by atoms with van der Waals surface area (Å²) in [6.07, 6.45) is 0. The highest BCUT2D eigenvalue weighted by Crippen LogP contribution is 2.39. The third-order valence-electron chi connectivity index (χ3n) is 3.56. The van der Waals surface area contributed by atoms with Crippen LogP contribution in [0.3, 0.4) is 0 Å². The van der Waals surface area contributed by atoms with Gasteiger partial charge in [0.05, 0.1) is 5.48 Å². The lowest BCUT2D eigenvalue weighted by atomic mass is 9.83. The zero-order chi connectivity index (χ0) is 20.6. The first-order valence-electron chi connectivity index (χ1n) is 10.2. The van der Waals surface area contributed by atoms with Crippen molar-refractivity contribution in [2.24, 2.45) is 0 Å². The van der Waals surface area contributed by atoms with Crippen molar-refractivity contribution in [2.75, 3.05) is 0 Å². The third kappa shape index (κ3) is 1.84. The van der Waals surface area contributed by atoms with E-state index in [0.717, 1.165) is 5.56 Å². The summed E-state index contributed by atoms with van der Waals surface area (Å²) in [5, 5.41) is 0.763. The average molecular weight is 273 g/mol. The van der Waals surface area contributed by atoms with Gasteiger partial charge in [-0.3, -0.25) is 0 Å². The summed E-state index contributed by atoms with van der Waals surface area (Å²) in [6, 6.07) is -0.537. The fraction of sp³-hybridized carbons (Fsp3) is 0.368. The molecule has 1 heterocycles. The summed E-state index contributed by atoms with van der Waals surface area (Å²) in [7, 11) is 0. The second-order valence-electron chi connectivity index (χ2n) is 6.26. The van der Waals surface area contributed by atoms with E-state index in [1.54, 1.807) is 13.8 Å². The second-order valence-corrected chi connectivity index (χ2v) is 6.26. The van der Waals surface area contributed by atoms with Crippen LogP contribution in [0, 0.1) is 20.7 Å². The number of aryl methyl sites for hydroxylation is 1. The van der Waals surface area contributed by atoms with Crippen LogP contribution in [0.5, 0.6) is 0 Å². The Hall–Kier alpha value is -1.76. The van der Waals surface area contributed by atoms with Gasteiger partial charge in [-0.2, -0.15) is 0 Å². The Morgan fingerprint density at radius 1 is 1.10 bits per heavy atom. The average Bonchev–Trinajstić information content (AvgIpc) is 2.88. The highest BCUT2D eigenvalue weighted by molar-refractivity contribution is 6.08. The van der Waals surface area contributed by atoms with Crippen molar-refractivity contribution in [1.29, 1.82) is 0 Å². The molecule has 0 saturated heterocycles. The lowest BCUT2D eigenvalue weighted by Gasteiger charge is -2.21. The predicted octanol–water partition coefficient (Wildman–Crippen LogP) is 5.81. The van der Waals surface area contributed by atoms with Crippen molar-refractivity contribution >= 4 is 21.9 Å². The van der Waals surface area contributed by atoms with E-state index in [1.165, 1.54) is 0 Å². The molecule has 1 aromatic heterocycles. The maximum Gasteiger partial charge on any atom is 0.139 e. The Kier molecular flexibility index (Phi) is 1.50. The van der Waals surface area contributed by atoms with Gasteiger partial charge in [-0.25, -0.2) is 0 Å². The van der Waals surface area contributed by atoms with Gasteiger partial charge in [0.25, 0.3) is 0 Å². The standard InChI is InChI=1S/C19H22O/c1-11-9-13(3)16-14-8-7-12(2)17(19(4,5)6)18(14)20-15(16)10-11/h7-10H,1-6H3/i1D3,7D,8D,9D,10D. The van der Waals surface area contributed by atoms with Crippen molar-refractivity contribution in [3.05, 3.63) is 46.4 Å². The van der Waals surface area contributed by atoms with E-state index in [-0.39, 0.29) is 40.7 Å². The van der Waals surface area contributed by atoms with Gasteiger partial charge in [-0.05, 0) is 48.8 Å². The summed E-state index contributed by atoms with van der Waals surface area (Å²) in [4.78, 5) is 0. The summed E-state index contributed by atoms with van der Waals surface area (Å²) in [6.45, 7) is 6.69. The molecule has 1 nitrogen and oxygen atoms in total. The molecule has 0 aliphatic heterocycles. The van der Waals surface area contributed by atoms with E-state index >= 15 is 0 Å². The largest absolute Gasteiger partial charge is 0.456 e. The molecule has 0 fully saturated rings. The molecule has 0 radical (unpaired) electrons. The summed E-state index contributed by atoms with van der Waals surface area (Å²) in [5.41, 5.74) is 1.47. The number of benzene rings is 2. The number of furan rings is 1. The Bertz CT molecular complexity index is 1100. The molecule has 0 bridgehead atoms. The molecule has 3 rings (SSSR count). The topological polar surface area (TPSA) is 13.1 Å². The van der Waals surface area contributed by atoms with Crippen LogP contribution < -0.4 is 0 Å². The van der Waals surface area contributed by atoms with E-state index < -0.39 is 6.85 Å². The van der Waals surface area contributed by atoms with Crippen molar-refractivity contribution in [3.63, 3.8) is 0 Å². The molecule has 1 heteroatoms. The molecule has 0 atom stereocenters. The number of hydrogen-bond acceptors (Lipinski definition) is 1. The number of rotatable bonds is 0. The molecule has 0 saturated carbocycles. The van der Waals surface area contributed by atoms with Gasteiger partial charge >= 0.3 is 0 Å². The predicted molar refractivity (Wildman–Crippen MR) is 86.6 cm³/mol. The van der Waals surface area contributed by atoms with E-state index in [9.17, 15) is 0 Å². The van der Waals surface area contributed by atoms with Crippen molar-refractivity contribution in [1.82, 2.24) is 0 Å². The van der Waals surface area contributed by atoms with Crippen LogP contribution in [0.2, 0.25) is 0 Å². The molecule has 0 aliphatic rings. The first-order valence-corrected chi connectivity index (χ1v) is 6.66. The van der Waals surface area contributed by atoms with Crippen LogP contribution in [0.25, 0.3) is 21.9 Å². The Morgan fingerprint density at radius 3 is 2.50 bits per heavy atom. The van der Waals surface area contributed by atoms with Crippen LogP contribution in [-0.2, 0) is 5.41 Å². The number of hydrogen-bond donors (Lipinski definition) is 0. The maximum atomic E-state index is 8.46. The number of fused-ring (bicyclic) bond motifs is 3. The SMILES string of the molecule is [2H]c1c(C)c(C(C)(C)C)c2oc3c([2H])c(C([2H])([2H])[2H])c([2H])c(C)c3c2c1[2H]. The van der Waals surface area contributed by atoms with E-state index in [2.05, 4.69) is 0 Å². The van der Waals surface area contributed by atoms with E-state index in [0.29, 0.717) is 27.5 Å². The van der Waals surface area contributed by atoms with Gasteiger partial charge in [0.2, 0.25) is 0 Å². The fourth-order valence-electron chi connectivity index (χ4n) is 2.86. The molecule has 0 aliphatic carbocycles. The van der Waals surface area contributed by atoms with Crippen LogP contribution in [0.4, 0.5) is 0 Å². The Balaban J connectivity index is 2.70. The molecule has 3 aromatic rings. The van der Waals surface area contributed by atoms with Crippen LogP contribution in [0.1, 0.15) is 52.6 Å². The molecule has 104 valence electrons. The van der Waals surface area contributed by atoms with Gasteiger partial charge in [0, 0.05) is 20.4 Å². The zero-order valence-electron chi connectivity index (χ0n) is 19.4. The Morgan fingerprint density at radius 2 is 1.85 bits per heavy atom. The monoisotopic (exact) mass is 273 g/mol. The quantitative estimate of drug-likeness (QED) is 0.504. The van der Waals surface area contributed by atoms with Crippen LogP contribution >= 0.6 is 0 Å². The molecular weight excluding hydrogens is 244 g/mol. The fourth-order valence-corrected chi connectivity index (χ4v) is 2.86. The van der Waals surface area contributed by atoms with Gasteiger partial charge in [0.1, 0.15) is 11.2 Å². The summed E-state index contributed by atoms with van der Waals surface area (Å²) in [5.74, 6) is 0. The Labute approximate surface area is 130 Å². The smallest absolute Gasteiger partial charge is 0.139 e. The summed E-state index contributed by atoms with van der Waals surface area (Å²) < 4.78 is 62.6. The first-order chi connectivity index (χ1) is 12.2. The second kappa shape index (κ2) is 4.12. The van der Waals surface area contributed by atoms with Gasteiger partial charge in [-0.1, -0.05) is 38.9 Å². The molecule has 0 N–H and O–H groups in total. The molecule has 20 heavy (non-hydrogen) atoms. The third-order valence-corrected chi connectivity index (χ3v) is 3.56. The lowest BCUT2D eigenvalue weighted by molar-refractivity contribution is 0.569. The molecule has 2 aromatic carbocycles. The minimum absolute atomic E-state index is 0.0298. The van der Waals surface area contributed by atoms with Gasteiger partial charge in [-0.15, -0.1) is 0 Å². The lowest BCUT2D eigenvalue weighted by Crippen LogP contribution is -2.13. The van der Waals surface area contributed by atoms with Crippen molar-refractivity contribution < 1.29 is 14.0 Å². The molecular formula is C19H22O. The minimum Gasteiger partial charge on any atom is -0.456 e. The van der Waals surface area contributed by atoms with Crippen molar-refractivity contribution in [3.8, 4) is 0 Å². The van der Waals surface area contributed by atoms with E-state index in [4.69, 9.17) is 14.0 Å². The molecule has 0 unspecified atom stereocenters. The van der Waals surface area contributed by atoms with E-state index in [1.807, 2.05) is 20.8 Å². The highest BCUT2D eigenvalue weighted by Gasteiger charge is 2.23. The van der Waals surface area contributed by atoms with Gasteiger partial charge in [0.15, 0.2) is 0 Å². The van der Waals surface area contributed by atoms with Crippen LogP contribution in [0.15, 0.2) is 28.6 Å². The van der Waals surface area contributed by atoms with Crippen LogP contribution in [-0.4, -0.2) is 0 Å². The summed E-state index contributed by atoms with van der Waals surface area (Å²) >= 11 is 0. The zero-order valence-corrected chi connectivity index (χ0v) is 12.4. The maximum absolute atomic E-state index is 8.46. The molecule has 0 spiro atoms.